The summed E-state index contributed by atoms with van der Waals surface area (Å²) in [5, 5.41) is 10.7. The van der Waals surface area contributed by atoms with E-state index in [1.54, 1.807) is 12.1 Å². The number of nitrogens with zero attached hydrogens (tertiary/aromatic N) is 3. The molecule has 0 aliphatic rings. The minimum absolute atomic E-state index is 0.116. The first-order valence-corrected chi connectivity index (χ1v) is 9.56. The lowest BCUT2D eigenvalue weighted by molar-refractivity contribution is 0.0824. The van der Waals surface area contributed by atoms with Crippen molar-refractivity contribution in [2.75, 3.05) is 0 Å². The van der Waals surface area contributed by atoms with Crippen molar-refractivity contribution in [1.82, 2.24) is 20.3 Å². The van der Waals surface area contributed by atoms with Gasteiger partial charge in [-0.05, 0) is 23.3 Å². The van der Waals surface area contributed by atoms with Crippen LogP contribution in [-0.4, -0.2) is 33.0 Å². The summed E-state index contributed by atoms with van der Waals surface area (Å²) in [6.07, 6.45) is -0.369. The molecular formula is C23H20N4O3. The van der Waals surface area contributed by atoms with Gasteiger partial charge in [0, 0.05) is 6.42 Å². The predicted molar refractivity (Wildman–Crippen MR) is 112 cm³/mol. The van der Waals surface area contributed by atoms with Crippen LogP contribution in [0.5, 0.6) is 0 Å². The molecule has 0 aliphatic carbocycles. The van der Waals surface area contributed by atoms with Gasteiger partial charge >= 0.3 is 6.09 Å². The molecule has 4 aromatic rings. The number of aromatic nitrogens is 3. The Morgan fingerprint density at radius 1 is 0.867 bits per heavy atom. The van der Waals surface area contributed by atoms with Crippen LogP contribution in [0.25, 0.3) is 11.0 Å². The van der Waals surface area contributed by atoms with E-state index in [1.807, 2.05) is 72.8 Å². The maximum atomic E-state index is 13.2. The van der Waals surface area contributed by atoms with Crippen molar-refractivity contribution in [3.8, 4) is 0 Å². The smallest absolute Gasteiger partial charge is 0.408 e. The van der Waals surface area contributed by atoms with Gasteiger partial charge < -0.3 is 10.1 Å². The molecule has 4 rings (SSSR count). The van der Waals surface area contributed by atoms with Gasteiger partial charge in [-0.3, -0.25) is 4.79 Å². The Labute approximate surface area is 173 Å². The fourth-order valence-corrected chi connectivity index (χ4v) is 3.14. The number of hydrogen-bond donors (Lipinski definition) is 1. The molecule has 1 N–H and O–H groups in total. The lowest BCUT2D eigenvalue weighted by atomic mass is 10.1. The molecule has 0 radical (unpaired) electrons. The van der Waals surface area contributed by atoms with Gasteiger partial charge in [0.1, 0.15) is 18.2 Å². The van der Waals surface area contributed by atoms with Crippen LogP contribution in [0, 0.1) is 0 Å². The van der Waals surface area contributed by atoms with Crippen molar-refractivity contribution in [2.45, 2.75) is 19.1 Å². The molecule has 1 unspecified atom stereocenters. The quantitative estimate of drug-likeness (QED) is 0.534. The van der Waals surface area contributed by atoms with Crippen LogP contribution in [0.4, 0.5) is 4.79 Å². The van der Waals surface area contributed by atoms with Gasteiger partial charge in [-0.25, -0.2) is 4.79 Å². The number of alkyl carbamates (subject to hydrolysis) is 1. The monoisotopic (exact) mass is 400 g/mol. The molecule has 0 saturated carbocycles. The van der Waals surface area contributed by atoms with E-state index >= 15 is 0 Å². The first-order valence-electron chi connectivity index (χ1n) is 9.56. The van der Waals surface area contributed by atoms with Gasteiger partial charge in [0.05, 0.1) is 5.52 Å². The molecule has 0 bridgehead atoms. The number of nitrogens with one attached hydrogen (secondary N) is 1. The van der Waals surface area contributed by atoms with Crippen LogP contribution < -0.4 is 5.32 Å². The van der Waals surface area contributed by atoms with Crippen LogP contribution in [0.3, 0.4) is 0 Å². The molecule has 1 aromatic heterocycles. The second kappa shape index (κ2) is 9.00. The number of rotatable bonds is 6. The zero-order valence-electron chi connectivity index (χ0n) is 16.1. The van der Waals surface area contributed by atoms with Gasteiger partial charge in [-0.1, -0.05) is 78.0 Å². The van der Waals surface area contributed by atoms with Crippen LogP contribution in [0.2, 0.25) is 0 Å². The number of carbonyl (C=O) groups is 2. The fourth-order valence-electron chi connectivity index (χ4n) is 3.14. The summed E-state index contributed by atoms with van der Waals surface area (Å²) in [7, 11) is 0. The normalized spacial score (nSPS) is 11.7. The molecule has 7 heteroatoms. The lowest BCUT2D eigenvalue weighted by Crippen LogP contribution is -2.45. The van der Waals surface area contributed by atoms with Gasteiger partial charge in [0.2, 0.25) is 0 Å². The van der Waals surface area contributed by atoms with Gasteiger partial charge in [0.15, 0.2) is 0 Å². The minimum Gasteiger partial charge on any atom is -0.445 e. The zero-order valence-corrected chi connectivity index (χ0v) is 16.1. The van der Waals surface area contributed by atoms with E-state index in [0.29, 0.717) is 17.5 Å². The maximum absolute atomic E-state index is 13.2. The first kappa shape index (κ1) is 19.3. The van der Waals surface area contributed by atoms with E-state index < -0.39 is 12.1 Å². The second-order valence-electron chi connectivity index (χ2n) is 6.78. The molecule has 1 heterocycles. The van der Waals surface area contributed by atoms with Crippen molar-refractivity contribution >= 4 is 23.0 Å². The largest absolute Gasteiger partial charge is 0.445 e. The van der Waals surface area contributed by atoms with E-state index in [9.17, 15) is 9.59 Å². The van der Waals surface area contributed by atoms with Gasteiger partial charge in [-0.15, -0.1) is 5.10 Å². The SMILES string of the molecule is O=C(NC(Cc1ccccc1)C(=O)n1nnc2ccccc21)OCc1ccccc1. The van der Waals surface area contributed by atoms with Crippen molar-refractivity contribution in [2.24, 2.45) is 0 Å². The number of fused-ring (bicyclic) bond motifs is 1. The molecule has 7 nitrogen and oxygen atoms in total. The topological polar surface area (TPSA) is 86.1 Å². The van der Waals surface area contributed by atoms with Crippen LogP contribution in [0.15, 0.2) is 84.9 Å². The molecule has 0 aliphatic heterocycles. The van der Waals surface area contributed by atoms with E-state index in [0.717, 1.165) is 11.1 Å². The summed E-state index contributed by atoms with van der Waals surface area (Å²) >= 11 is 0. The third-order valence-corrected chi connectivity index (χ3v) is 4.65. The number of carbonyl (C=O) groups excluding carboxylic acids is 2. The molecule has 150 valence electrons. The zero-order chi connectivity index (χ0) is 20.8. The first-order chi connectivity index (χ1) is 14.7. The van der Waals surface area contributed by atoms with Crippen molar-refractivity contribution in [3.63, 3.8) is 0 Å². The van der Waals surface area contributed by atoms with Gasteiger partial charge in [0.25, 0.3) is 5.91 Å². The Hall–Kier alpha value is -4.00. The summed E-state index contributed by atoms with van der Waals surface area (Å²) in [6.45, 7) is 0.116. The highest BCUT2D eigenvalue weighted by molar-refractivity contribution is 5.93. The third kappa shape index (κ3) is 4.52. The molecule has 0 spiro atoms. The molecule has 0 saturated heterocycles. The molecule has 0 fully saturated rings. The van der Waals surface area contributed by atoms with Crippen molar-refractivity contribution in [3.05, 3.63) is 96.1 Å². The number of hydrogen-bond acceptors (Lipinski definition) is 5. The highest BCUT2D eigenvalue weighted by Gasteiger charge is 2.26. The third-order valence-electron chi connectivity index (χ3n) is 4.65. The average Bonchev–Trinajstić information content (AvgIpc) is 3.22. The van der Waals surface area contributed by atoms with E-state index in [4.69, 9.17) is 4.74 Å². The van der Waals surface area contributed by atoms with Crippen molar-refractivity contribution in [1.29, 1.82) is 0 Å². The highest BCUT2D eigenvalue weighted by Crippen LogP contribution is 2.12. The number of benzene rings is 3. The maximum Gasteiger partial charge on any atom is 0.408 e. The molecule has 1 amide bonds. The van der Waals surface area contributed by atoms with Crippen molar-refractivity contribution < 1.29 is 14.3 Å². The Bertz CT molecular complexity index is 1140. The average molecular weight is 400 g/mol. The highest BCUT2D eigenvalue weighted by atomic mass is 16.5. The lowest BCUT2D eigenvalue weighted by Gasteiger charge is -2.17. The van der Waals surface area contributed by atoms with E-state index in [-0.39, 0.29) is 12.5 Å². The summed E-state index contributed by atoms with van der Waals surface area (Å²) in [4.78, 5) is 25.6. The minimum atomic E-state index is -0.860. The summed E-state index contributed by atoms with van der Waals surface area (Å²) in [5.41, 5.74) is 2.96. The molecular weight excluding hydrogens is 380 g/mol. The van der Waals surface area contributed by atoms with E-state index in [2.05, 4.69) is 15.6 Å². The van der Waals surface area contributed by atoms with Crippen LogP contribution in [0.1, 0.15) is 15.9 Å². The molecule has 1 atom stereocenters. The van der Waals surface area contributed by atoms with Gasteiger partial charge in [-0.2, -0.15) is 4.68 Å². The fraction of sp³-hybridized carbons (Fsp3) is 0.130. The predicted octanol–water partition coefficient (Wildman–Crippen LogP) is 3.61. The standard InChI is InChI=1S/C23H20N4O3/c28-22(27-21-14-8-7-13-19(21)25-26-27)20(15-17-9-3-1-4-10-17)24-23(29)30-16-18-11-5-2-6-12-18/h1-14,20H,15-16H2,(H,24,29). The van der Waals surface area contributed by atoms with Crippen LogP contribution in [-0.2, 0) is 17.8 Å². The summed E-state index contributed by atoms with van der Waals surface area (Å²) < 4.78 is 6.53. The number of para-hydroxylation sites is 1. The Balaban J connectivity index is 1.53. The summed E-state index contributed by atoms with van der Waals surface area (Å²) in [6, 6.07) is 25.1. The molecule has 30 heavy (non-hydrogen) atoms. The van der Waals surface area contributed by atoms with E-state index in [1.165, 1.54) is 4.68 Å². The Morgan fingerprint density at radius 3 is 2.23 bits per heavy atom. The van der Waals surface area contributed by atoms with Crippen LogP contribution >= 0.6 is 0 Å². The number of amides is 1. The summed E-state index contributed by atoms with van der Waals surface area (Å²) in [5.74, 6) is -0.385. The molecule has 3 aromatic carbocycles. The Kier molecular flexibility index (Phi) is 5.80. The Morgan fingerprint density at radius 2 is 1.50 bits per heavy atom. The number of ether oxygens (including phenoxy) is 1. The second-order valence-corrected chi connectivity index (χ2v) is 6.78.